The Labute approximate surface area is 299 Å². The average Bonchev–Trinajstić information content (AvgIpc) is 3.07. The van der Waals surface area contributed by atoms with Gasteiger partial charge in [0.05, 0.1) is 6.61 Å². The molecule has 0 aliphatic carbocycles. The van der Waals surface area contributed by atoms with Gasteiger partial charge in [-0.3, -0.25) is 14.1 Å². The Kier molecular flexibility index (Phi) is 25.8. The number of rotatable bonds is 28. The Morgan fingerprint density at radius 2 is 1.26 bits per heavy atom. The number of ether oxygens (including phenoxy) is 4. The molecule has 1 heterocycles. The van der Waals surface area contributed by atoms with Gasteiger partial charge in [0.25, 0.3) is 10.1 Å². The number of aliphatic hydroxyl groups excluding tert-OH is 3. The zero-order valence-electron chi connectivity index (χ0n) is 30.0. The Hall–Kier alpha value is -2.39. The molecule has 6 unspecified atom stereocenters. The molecule has 288 valence electrons. The normalized spacial score (nSPS) is 22.2. The lowest BCUT2D eigenvalue weighted by Crippen LogP contribution is -2.60. The van der Waals surface area contributed by atoms with E-state index < -0.39 is 71.2 Å². The molecule has 0 radical (unpaired) electrons. The fourth-order valence-corrected chi connectivity index (χ4v) is 5.79. The smallest absolute Gasteiger partial charge is 0.306 e. The van der Waals surface area contributed by atoms with E-state index in [0.717, 1.165) is 38.5 Å². The maximum atomic E-state index is 12.6. The number of allylic oxidation sites excluding steroid dienone is 8. The first-order chi connectivity index (χ1) is 24.0. The van der Waals surface area contributed by atoms with E-state index in [-0.39, 0.29) is 19.4 Å². The molecule has 0 amide bonds. The van der Waals surface area contributed by atoms with Crippen LogP contribution < -0.4 is 0 Å². The molecule has 1 fully saturated rings. The van der Waals surface area contributed by atoms with Gasteiger partial charge in [-0.2, -0.15) is 8.42 Å². The highest BCUT2D eigenvalue weighted by Crippen LogP contribution is 2.23. The molecule has 1 aliphatic heterocycles. The lowest BCUT2D eigenvalue weighted by Gasteiger charge is -2.40. The second kappa shape index (κ2) is 28.2. The molecule has 1 rings (SSSR count). The van der Waals surface area contributed by atoms with Gasteiger partial charge in [-0.05, 0) is 38.5 Å². The molecule has 50 heavy (non-hydrogen) atoms. The highest BCUT2D eigenvalue weighted by molar-refractivity contribution is 7.85. The van der Waals surface area contributed by atoms with E-state index in [1.807, 2.05) is 18.2 Å². The van der Waals surface area contributed by atoms with Gasteiger partial charge in [-0.1, -0.05) is 114 Å². The van der Waals surface area contributed by atoms with Crippen molar-refractivity contribution in [3.63, 3.8) is 0 Å². The van der Waals surface area contributed by atoms with Gasteiger partial charge in [0, 0.05) is 12.8 Å². The van der Waals surface area contributed by atoms with Crippen molar-refractivity contribution >= 4 is 22.1 Å². The van der Waals surface area contributed by atoms with E-state index >= 15 is 0 Å². The first-order valence-corrected chi connectivity index (χ1v) is 19.8. The second-order valence-corrected chi connectivity index (χ2v) is 14.0. The lowest BCUT2D eigenvalue weighted by atomic mass is 10.00. The van der Waals surface area contributed by atoms with Crippen molar-refractivity contribution < 1.29 is 56.8 Å². The lowest BCUT2D eigenvalue weighted by molar-refractivity contribution is -0.297. The first kappa shape index (κ1) is 45.6. The number of carbonyl (C=O) groups is 2. The van der Waals surface area contributed by atoms with E-state index in [4.69, 9.17) is 18.9 Å². The van der Waals surface area contributed by atoms with Crippen LogP contribution in [0.4, 0.5) is 0 Å². The summed E-state index contributed by atoms with van der Waals surface area (Å²) in [6.07, 6.45) is 20.6. The van der Waals surface area contributed by atoms with Crippen molar-refractivity contribution in [2.24, 2.45) is 0 Å². The Balaban J connectivity index is 2.62. The van der Waals surface area contributed by atoms with Crippen molar-refractivity contribution in [1.29, 1.82) is 0 Å². The molecule has 0 aromatic rings. The monoisotopic (exact) mass is 730 g/mol. The Morgan fingerprint density at radius 3 is 1.84 bits per heavy atom. The number of hydrogen-bond acceptors (Lipinski definition) is 11. The minimum Gasteiger partial charge on any atom is -0.462 e. The van der Waals surface area contributed by atoms with Crippen LogP contribution in [0.25, 0.3) is 0 Å². The van der Waals surface area contributed by atoms with E-state index in [0.29, 0.717) is 19.3 Å². The fraction of sp³-hybridized carbons (Fsp3) is 0.730. The van der Waals surface area contributed by atoms with Gasteiger partial charge in [-0.15, -0.1) is 0 Å². The maximum Gasteiger partial charge on any atom is 0.306 e. The summed E-state index contributed by atoms with van der Waals surface area (Å²) in [5, 5.41) is 30.7. The van der Waals surface area contributed by atoms with Crippen LogP contribution in [-0.4, -0.2) is 96.0 Å². The van der Waals surface area contributed by atoms with Gasteiger partial charge in [0.1, 0.15) is 36.8 Å². The molecule has 4 N–H and O–H groups in total. The van der Waals surface area contributed by atoms with Crippen molar-refractivity contribution in [3.05, 3.63) is 48.6 Å². The molecule has 0 aromatic heterocycles. The topological polar surface area (TPSA) is 186 Å². The van der Waals surface area contributed by atoms with Crippen LogP contribution in [-0.2, 0) is 38.7 Å². The summed E-state index contributed by atoms with van der Waals surface area (Å²) < 4.78 is 53.6. The van der Waals surface area contributed by atoms with E-state index in [9.17, 15) is 37.9 Å². The van der Waals surface area contributed by atoms with Gasteiger partial charge < -0.3 is 34.3 Å². The van der Waals surface area contributed by atoms with E-state index in [2.05, 4.69) is 44.2 Å². The molecule has 1 aliphatic rings. The number of aliphatic hydroxyl groups is 3. The minimum atomic E-state index is -4.60. The summed E-state index contributed by atoms with van der Waals surface area (Å²) in [5.74, 6) is -2.10. The molecule has 0 aromatic carbocycles. The molecule has 0 saturated carbocycles. The minimum absolute atomic E-state index is 0.0427. The molecule has 0 bridgehead atoms. The molecule has 0 spiro atoms. The van der Waals surface area contributed by atoms with Crippen LogP contribution in [0.15, 0.2) is 48.6 Å². The van der Waals surface area contributed by atoms with Gasteiger partial charge in [0.2, 0.25) is 0 Å². The van der Waals surface area contributed by atoms with Crippen molar-refractivity contribution in [3.8, 4) is 0 Å². The number of carbonyl (C=O) groups excluding carboxylic acids is 2. The highest BCUT2D eigenvalue weighted by Gasteiger charge is 2.46. The fourth-order valence-electron chi connectivity index (χ4n) is 5.10. The van der Waals surface area contributed by atoms with Crippen LogP contribution in [0.3, 0.4) is 0 Å². The van der Waals surface area contributed by atoms with Gasteiger partial charge >= 0.3 is 11.9 Å². The van der Waals surface area contributed by atoms with Gasteiger partial charge in [-0.25, -0.2) is 0 Å². The van der Waals surface area contributed by atoms with E-state index in [1.54, 1.807) is 0 Å². The van der Waals surface area contributed by atoms with Crippen LogP contribution in [0, 0.1) is 0 Å². The molecule has 13 heteroatoms. The van der Waals surface area contributed by atoms with Gasteiger partial charge in [0.15, 0.2) is 12.4 Å². The average molecular weight is 731 g/mol. The largest absolute Gasteiger partial charge is 0.462 e. The third-order valence-corrected chi connectivity index (χ3v) is 8.69. The summed E-state index contributed by atoms with van der Waals surface area (Å²) >= 11 is 0. The number of esters is 2. The summed E-state index contributed by atoms with van der Waals surface area (Å²) in [6.45, 7) is 3.51. The summed E-state index contributed by atoms with van der Waals surface area (Å²) in [6, 6.07) is 0. The molecule has 12 nitrogen and oxygen atoms in total. The number of hydrogen-bond donors (Lipinski definition) is 4. The maximum absolute atomic E-state index is 12.6. The third-order valence-electron chi connectivity index (χ3n) is 7.94. The van der Waals surface area contributed by atoms with Crippen LogP contribution in [0.2, 0.25) is 0 Å². The van der Waals surface area contributed by atoms with Crippen molar-refractivity contribution in [2.75, 3.05) is 19.0 Å². The Morgan fingerprint density at radius 1 is 0.700 bits per heavy atom. The molecule has 6 atom stereocenters. The molecular weight excluding hydrogens is 668 g/mol. The molecular formula is C37H62O12S. The quantitative estimate of drug-likeness (QED) is 0.0336. The highest BCUT2D eigenvalue weighted by atomic mass is 32.2. The summed E-state index contributed by atoms with van der Waals surface area (Å²) in [5.41, 5.74) is 0. The predicted octanol–water partition coefficient (Wildman–Crippen LogP) is 5.66. The van der Waals surface area contributed by atoms with Crippen molar-refractivity contribution in [1.82, 2.24) is 0 Å². The molecule has 1 saturated heterocycles. The summed E-state index contributed by atoms with van der Waals surface area (Å²) in [4.78, 5) is 25.1. The van der Waals surface area contributed by atoms with Crippen molar-refractivity contribution in [2.45, 2.75) is 153 Å². The SMILES string of the molecule is CC/C=C\C/C=C\C/C=C\C/C=C\CCC(=O)OC(COC(=O)CCCCCCCCCCC)COC1OC(CS(=O)(=O)O)C(O)C(O)C1O. The summed E-state index contributed by atoms with van der Waals surface area (Å²) in [7, 11) is -4.60. The van der Waals surface area contributed by atoms with Crippen LogP contribution in [0.5, 0.6) is 0 Å². The van der Waals surface area contributed by atoms with Crippen LogP contribution in [0.1, 0.15) is 117 Å². The Bertz CT molecular complexity index is 1130. The predicted molar refractivity (Wildman–Crippen MR) is 192 cm³/mol. The second-order valence-electron chi connectivity index (χ2n) is 12.5. The van der Waals surface area contributed by atoms with Crippen LogP contribution >= 0.6 is 0 Å². The first-order valence-electron chi connectivity index (χ1n) is 18.2. The zero-order chi connectivity index (χ0) is 37.0. The number of unbranched alkanes of at least 4 members (excludes halogenated alkanes) is 8. The van der Waals surface area contributed by atoms with E-state index in [1.165, 1.54) is 32.1 Å². The zero-order valence-corrected chi connectivity index (χ0v) is 30.8. The third kappa shape index (κ3) is 23.2. The standard InChI is InChI=1S/C37H62O12S/c1-3-5-7-9-11-13-14-15-16-18-20-22-24-26-33(39)48-30(27-46-32(38)25-23-21-19-17-12-10-8-6-4-2)28-47-37-36(42)35(41)34(40)31(49-37)29-50(43,44)45/h5,7,11,13,15-16,20,22,30-31,34-37,40-42H,3-4,6,8-10,12,14,17-19,21,23-29H2,1-2H3,(H,43,44,45)/b7-5-,13-11-,16-15-,22-20-.